The summed E-state index contributed by atoms with van der Waals surface area (Å²) in [5, 5.41) is 3.45. The van der Waals surface area contributed by atoms with Crippen molar-refractivity contribution in [3.63, 3.8) is 0 Å². The molecule has 8 heteroatoms. The van der Waals surface area contributed by atoms with Crippen molar-refractivity contribution in [1.82, 2.24) is 15.1 Å². The number of hydrogen-bond donors (Lipinski definition) is 1. The van der Waals surface area contributed by atoms with E-state index >= 15 is 0 Å². The summed E-state index contributed by atoms with van der Waals surface area (Å²) in [6, 6.07) is 8.24. The molecule has 2 fully saturated rings. The van der Waals surface area contributed by atoms with Crippen molar-refractivity contribution in [2.75, 3.05) is 65.7 Å². The number of benzene rings is 1. The van der Waals surface area contributed by atoms with Crippen LogP contribution in [0.5, 0.6) is 5.75 Å². The maximum absolute atomic E-state index is 6.12. The molecular weight excluding hydrogens is 507 g/mol. The molecule has 1 aromatic carbocycles. The Labute approximate surface area is 204 Å². The zero-order valence-corrected chi connectivity index (χ0v) is 21.4. The minimum atomic E-state index is 0. The van der Waals surface area contributed by atoms with Gasteiger partial charge in [0.2, 0.25) is 0 Å². The first-order valence-electron chi connectivity index (χ1n) is 11.5. The monoisotopic (exact) mass is 546 g/mol. The van der Waals surface area contributed by atoms with Crippen molar-refractivity contribution in [1.29, 1.82) is 0 Å². The van der Waals surface area contributed by atoms with Gasteiger partial charge in [-0.25, -0.2) is 4.99 Å². The van der Waals surface area contributed by atoms with E-state index in [2.05, 4.69) is 41.1 Å². The van der Waals surface area contributed by atoms with Crippen LogP contribution in [0, 0.1) is 0 Å². The molecule has 0 radical (unpaired) electrons. The zero-order chi connectivity index (χ0) is 21.0. The van der Waals surface area contributed by atoms with Crippen LogP contribution in [-0.2, 0) is 16.0 Å². The molecule has 3 rings (SSSR count). The molecule has 2 saturated heterocycles. The molecule has 0 bridgehead atoms. The predicted molar refractivity (Wildman–Crippen MR) is 136 cm³/mol. The molecule has 2 heterocycles. The third kappa shape index (κ3) is 8.75. The molecule has 1 aromatic rings. The molecule has 31 heavy (non-hydrogen) atoms. The molecular formula is C23H39IN4O3. The summed E-state index contributed by atoms with van der Waals surface area (Å²) in [7, 11) is 0. The van der Waals surface area contributed by atoms with Crippen LogP contribution in [-0.4, -0.2) is 87.6 Å². The second kappa shape index (κ2) is 14.9. The Kier molecular flexibility index (Phi) is 12.5. The minimum Gasteiger partial charge on any atom is -0.492 e. The summed E-state index contributed by atoms with van der Waals surface area (Å²) in [6.07, 6.45) is 2.49. The topological polar surface area (TPSA) is 58.6 Å². The van der Waals surface area contributed by atoms with E-state index in [1.165, 1.54) is 0 Å². The van der Waals surface area contributed by atoms with Crippen molar-refractivity contribution in [2.45, 2.75) is 39.3 Å². The van der Waals surface area contributed by atoms with Gasteiger partial charge in [0.1, 0.15) is 12.4 Å². The number of piperidine rings is 1. The summed E-state index contributed by atoms with van der Waals surface area (Å²) in [4.78, 5) is 9.66. The normalized spacial score (nSPS) is 18.5. The third-order valence-electron chi connectivity index (χ3n) is 5.62. The maximum atomic E-state index is 6.12. The molecule has 0 aliphatic carbocycles. The predicted octanol–water partition coefficient (Wildman–Crippen LogP) is 2.98. The van der Waals surface area contributed by atoms with E-state index in [1.54, 1.807) is 0 Å². The largest absolute Gasteiger partial charge is 0.492 e. The maximum Gasteiger partial charge on any atom is 0.194 e. The smallest absolute Gasteiger partial charge is 0.194 e. The van der Waals surface area contributed by atoms with Crippen LogP contribution < -0.4 is 10.1 Å². The first-order chi connectivity index (χ1) is 14.8. The molecule has 0 aromatic heterocycles. The average Bonchev–Trinajstić information content (AvgIpc) is 2.79. The molecule has 0 saturated carbocycles. The highest BCUT2D eigenvalue weighted by Crippen LogP contribution is 2.20. The number of guanidine groups is 1. The van der Waals surface area contributed by atoms with E-state index in [0.29, 0.717) is 19.3 Å². The molecule has 0 unspecified atom stereocenters. The van der Waals surface area contributed by atoms with Gasteiger partial charge in [-0.1, -0.05) is 18.2 Å². The molecule has 2 aliphatic rings. The fraction of sp³-hybridized carbons (Fsp3) is 0.696. The van der Waals surface area contributed by atoms with Crippen molar-refractivity contribution in [3.8, 4) is 5.75 Å². The van der Waals surface area contributed by atoms with Gasteiger partial charge in [-0.3, -0.25) is 4.90 Å². The molecule has 2 aliphatic heterocycles. The van der Waals surface area contributed by atoms with Gasteiger partial charge in [0.05, 0.1) is 25.9 Å². The van der Waals surface area contributed by atoms with Gasteiger partial charge in [0, 0.05) is 51.4 Å². The second-order valence-electron chi connectivity index (χ2n) is 7.72. The molecule has 0 amide bonds. The lowest BCUT2D eigenvalue weighted by Gasteiger charge is -2.34. The number of nitrogens with one attached hydrogen (secondary N) is 1. The fourth-order valence-electron chi connectivity index (χ4n) is 3.94. The van der Waals surface area contributed by atoms with Gasteiger partial charge in [-0.15, -0.1) is 24.0 Å². The van der Waals surface area contributed by atoms with Gasteiger partial charge in [0.25, 0.3) is 0 Å². The Balaban J connectivity index is 0.00000341. The summed E-state index contributed by atoms with van der Waals surface area (Å²) in [5.74, 6) is 1.91. The second-order valence-corrected chi connectivity index (χ2v) is 7.72. The van der Waals surface area contributed by atoms with E-state index in [9.17, 15) is 0 Å². The summed E-state index contributed by atoms with van der Waals surface area (Å²) < 4.78 is 17.3. The van der Waals surface area contributed by atoms with Gasteiger partial charge in [-0.2, -0.15) is 0 Å². The number of ether oxygens (including phenoxy) is 3. The van der Waals surface area contributed by atoms with E-state index < -0.39 is 0 Å². The number of nitrogens with zero attached hydrogens (tertiary/aromatic N) is 3. The first-order valence-corrected chi connectivity index (χ1v) is 11.5. The third-order valence-corrected chi connectivity index (χ3v) is 5.62. The fourth-order valence-corrected chi connectivity index (χ4v) is 3.94. The molecule has 0 spiro atoms. The van der Waals surface area contributed by atoms with Crippen LogP contribution in [0.4, 0.5) is 0 Å². The number of likely N-dealkylation sites (tertiary alicyclic amines) is 1. The lowest BCUT2D eigenvalue weighted by atomic mass is 10.1. The first kappa shape index (κ1) is 26.2. The Morgan fingerprint density at radius 2 is 1.87 bits per heavy atom. The highest BCUT2D eigenvalue weighted by Gasteiger charge is 2.21. The van der Waals surface area contributed by atoms with E-state index in [4.69, 9.17) is 19.2 Å². The van der Waals surface area contributed by atoms with Gasteiger partial charge in [-0.05, 0) is 32.8 Å². The van der Waals surface area contributed by atoms with Gasteiger partial charge >= 0.3 is 0 Å². The number of rotatable bonds is 9. The summed E-state index contributed by atoms with van der Waals surface area (Å²) >= 11 is 0. The Hall–Kier alpha value is -1.10. The quantitative estimate of drug-likeness (QED) is 0.292. The number of para-hydroxylation sites is 1. The van der Waals surface area contributed by atoms with Crippen LogP contribution in [0.3, 0.4) is 0 Å². The zero-order valence-electron chi connectivity index (χ0n) is 19.1. The van der Waals surface area contributed by atoms with E-state index in [-0.39, 0.29) is 24.0 Å². The lowest BCUT2D eigenvalue weighted by Crippen LogP contribution is -2.47. The van der Waals surface area contributed by atoms with Crippen molar-refractivity contribution in [2.24, 2.45) is 4.99 Å². The molecule has 0 atom stereocenters. The van der Waals surface area contributed by atoms with E-state index in [0.717, 1.165) is 89.2 Å². The molecule has 176 valence electrons. The van der Waals surface area contributed by atoms with Crippen LogP contribution in [0.25, 0.3) is 0 Å². The van der Waals surface area contributed by atoms with Crippen LogP contribution in [0.1, 0.15) is 32.3 Å². The number of morpholine rings is 1. The van der Waals surface area contributed by atoms with Crippen molar-refractivity contribution in [3.05, 3.63) is 29.8 Å². The Bertz CT molecular complexity index is 647. The van der Waals surface area contributed by atoms with Gasteiger partial charge in [0.15, 0.2) is 5.96 Å². The van der Waals surface area contributed by atoms with Crippen LogP contribution in [0.15, 0.2) is 29.3 Å². The van der Waals surface area contributed by atoms with Crippen molar-refractivity contribution >= 4 is 29.9 Å². The molecule has 7 nitrogen and oxygen atoms in total. The SMILES string of the molecule is CCNC(=NCc1ccccc1OCCN1CCOCC1)N1CCC(OCC)CC1.I. The standard InChI is InChI=1S/C23H38N4O3.HI/c1-3-24-23(27-11-9-21(10-12-27)29-4-2)25-19-20-7-5-6-8-22(20)30-18-15-26-13-16-28-17-14-26;/h5-8,21H,3-4,9-19H2,1-2H3,(H,24,25);1H. The highest BCUT2D eigenvalue weighted by molar-refractivity contribution is 14.0. The lowest BCUT2D eigenvalue weighted by molar-refractivity contribution is 0.0263. The van der Waals surface area contributed by atoms with Crippen LogP contribution >= 0.6 is 24.0 Å². The summed E-state index contributed by atoms with van der Waals surface area (Å²) in [5.41, 5.74) is 1.12. The molecule has 1 N–H and O–H groups in total. The van der Waals surface area contributed by atoms with Crippen LogP contribution in [0.2, 0.25) is 0 Å². The van der Waals surface area contributed by atoms with Gasteiger partial charge < -0.3 is 24.4 Å². The van der Waals surface area contributed by atoms with E-state index in [1.807, 2.05) is 12.1 Å². The average molecular weight is 546 g/mol. The number of halogens is 1. The Morgan fingerprint density at radius 1 is 1.13 bits per heavy atom. The minimum absolute atomic E-state index is 0. The highest BCUT2D eigenvalue weighted by atomic mass is 127. The number of hydrogen-bond acceptors (Lipinski definition) is 5. The number of aliphatic imine (C=N–C) groups is 1. The Morgan fingerprint density at radius 3 is 2.58 bits per heavy atom. The van der Waals surface area contributed by atoms with Crippen molar-refractivity contribution < 1.29 is 14.2 Å². The summed E-state index contributed by atoms with van der Waals surface area (Å²) in [6.45, 7) is 13.6.